The number of amides is 1. The predicted octanol–water partition coefficient (Wildman–Crippen LogP) is 5.26. The van der Waals surface area contributed by atoms with Crippen LogP contribution < -0.4 is 5.32 Å². The van der Waals surface area contributed by atoms with Crippen LogP contribution in [0.1, 0.15) is 17.5 Å². The van der Waals surface area contributed by atoms with E-state index in [0.29, 0.717) is 29.1 Å². The Morgan fingerprint density at radius 1 is 1.00 bits per heavy atom. The molecule has 4 aromatic rings. The molecular formula is C24H20N2O5. The fourth-order valence-corrected chi connectivity index (χ4v) is 3.16. The largest absolute Gasteiger partial charge is 0.481 e. The van der Waals surface area contributed by atoms with Crippen LogP contribution in [0.15, 0.2) is 77.2 Å². The van der Waals surface area contributed by atoms with Crippen LogP contribution in [0.3, 0.4) is 0 Å². The first-order chi connectivity index (χ1) is 15.1. The molecule has 156 valence electrons. The molecule has 4 rings (SSSR count). The molecule has 0 saturated carbocycles. The van der Waals surface area contributed by atoms with E-state index >= 15 is 0 Å². The van der Waals surface area contributed by atoms with E-state index in [1.807, 2.05) is 42.5 Å². The molecule has 7 nitrogen and oxygen atoms in total. The average Bonchev–Trinajstić information content (AvgIpc) is 3.21. The Bertz CT molecular complexity index is 1220. The van der Waals surface area contributed by atoms with Crippen LogP contribution in [0, 0.1) is 0 Å². The fraction of sp³-hybridized carbons (Fsp3) is 0.125. The minimum atomic E-state index is -0.893. The normalized spacial score (nSPS) is 10.7. The zero-order valence-corrected chi connectivity index (χ0v) is 16.6. The van der Waals surface area contributed by atoms with Gasteiger partial charge in [-0.15, -0.1) is 0 Å². The van der Waals surface area contributed by atoms with Crippen molar-refractivity contribution in [3.8, 4) is 11.5 Å². The summed E-state index contributed by atoms with van der Waals surface area (Å²) in [6.45, 7) is 0.0621. The van der Waals surface area contributed by atoms with Gasteiger partial charge in [-0.05, 0) is 47.9 Å². The van der Waals surface area contributed by atoms with Gasteiger partial charge in [0.25, 0.3) is 0 Å². The van der Waals surface area contributed by atoms with Crippen LogP contribution in [0.25, 0.3) is 22.6 Å². The molecule has 0 spiro atoms. The van der Waals surface area contributed by atoms with E-state index in [4.69, 9.17) is 14.3 Å². The number of nitrogens with one attached hydrogen (secondary N) is 1. The van der Waals surface area contributed by atoms with Crippen LogP contribution in [0.2, 0.25) is 0 Å². The number of carboxylic acid groups (broad SMARTS) is 1. The Kier molecular flexibility index (Phi) is 5.93. The fourth-order valence-electron chi connectivity index (χ4n) is 3.16. The van der Waals surface area contributed by atoms with Crippen LogP contribution in [-0.4, -0.2) is 22.2 Å². The van der Waals surface area contributed by atoms with Gasteiger partial charge in [-0.2, -0.15) is 0 Å². The van der Waals surface area contributed by atoms with Crippen molar-refractivity contribution < 1.29 is 23.8 Å². The minimum Gasteiger partial charge on any atom is -0.481 e. The Labute approximate surface area is 178 Å². The van der Waals surface area contributed by atoms with Gasteiger partial charge in [0, 0.05) is 17.7 Å². The van der Waals surface area contributed by atoms with Gasteiger partial charge in [-0.1, -0.05) is 42.5 Å². The molecule has 0 radical (unpaired) electrons. The van der Waals surface area contributed by atoms with Gasteiger partial charge < -0.3 is 14.3 Å². The predicted molar refractivity (Wildman–Crippen MR) is 116 cm³/mol. The molecule has 2 N–H and O–H groups in total. The van der Waals surface area contributed by atoms with Crippen LogP contribution in [-0.2, 0) is 22.6 Å². The molecule has 1 amide bonds. The highest BCUT2D eigenvalue weighted by Crippen LogP contribution is 2.25. The Balaban J connectivity index is 1.40. The van der Waals surface area contributed by atoms with Gasteiger partial charge in [0.2, 0.25) is 5.89 Å². The molecule has 31 heavy (non-hydrogen) atoms. The number of rotatable bonds is 7. The van der Waals surface area contributed by atoms with E-state index in [-0.39, 0.29) is 13.0 Å². The van der Waals surface area contributed by atoms with E-state index in [0.717, 1.165) is 16.7 Å². The van der Waals surface area contributed by atoms with Crippen LogP contribution in [0.5, 0.6) is 0 Å². The molecular weight excluding hydrogens is 396 g/mol. The van der Waals surface area contributed by atoms with Gasteiger partial charge in [-0.25, -0.2) is 9.78 Å². The topological polar surface area (TPSA) is 102 Å². The average molecular weight is 416 g/mol. The van der Waals surface area contributed by atoms with E-state index in [9.17, 15) is 9.59 Å². The molecule has 0 bridgehead atoms. The lowest BCUT2D eigenvalue weighted by atomic mass is 10.1. The molecule has 1 aromatic heterocycles. The lowest BCUT2D eigenvalue weighted by Crippen LogP contribution is -2.15. The van der Waals surface area contributed by atoms with Gasteiger partial charge in [0.1, 0.15) is 12.1 Å². The number of aliphatic carboxylic acids is 1. The number of hydrogen-bond donors (Lipinski definition) is 2. The second-order valence-electron chi connectivity index (χ2n) is 6.94. The highest BCUT2D eigenvalue weighted by Gasteiger charge is 2.11. The van der Waals surface area contributed by atoms with Crippen molar-refractivity contribution in [2.75, 3.05) is 5.32 Å². The van der Waals surface area contributed by atoms with Crippen molar-refractivity contribution in [3.05, 3.63) is 83.9 Å². The quantitative estimate of drug-likeness (QED) is 0.426. The third-order valence-corrected chi connectivity index (χ3v) is 4.70. The molecule has 0 unspecified atom stereocenters. The number of anilines is 1. The molecule has 0 aliphatic rings. The summed E-state index contributed by atoms with van der Waals surface area (Å²) in [4.78, 5) is 27.6. The van der Waals surface area contributed by atoms with Crippen LogP contribution in [0.4, 0.5) is 10.5 Å². The first-order valence-electron chi connectivity index (χ1n) is 9.77. The Hall–Kier alpha value is -4.13. The lowest BCUT2D eigenvalue weighted by Gasteiger charge is -2.11. The number of ether oxygens (including phenoxy) is 1. The molecule has 0 saturated heterocycles. The standard InChI is InChI=1S/C24H20N2O5/c27-22(28)13-11-17-6-4-5-9-19(17)26-24(29)30-15-16-10-12-21-20(14-16)25-23(31-21)18-7-2-1-3-8-18/h1-10,12,14H,11,13,15H2,(H,26,29)(H,27,28). The summed E-state index contributed by atoms with van der Waals surface area (Å²) in [5.74, 6) is -0.361. The summed E-state index contributed by atoms with van der Waals surface area (Å²) < 4.78 is 11.1. The maximum absolute atomic E-state index is 12.2. The van der Waals surface area contributed by atoms with Gasteiger partial charge in [0.05, 0.1) is 0 Å². The summed E-state index contributed by atoms with van der Waals surface area (Å²) >= 11 is 0. The number of hydrogen-bond acceptors (Lipinski definition) is 5. The first-order valence-corrected chi connectivity index (χ1v) is 9.77. The number of aryl methyl sites for hydroxylation is 1. The van der Waals surface area contributed by atoms with Gasteiger partial charge in [0.15, 0.2) is 5.58 Å². The van der Waals surface area contributed by atoms with E-state index in [2.05, 4.69) is 10.3 Å². The molecule has 7 heteroatoms. The third kappa shape index (κ3) is 5.08. The van der Waals surface area contributed by atoms with Crippen molar-refractivity contribution in [1.29, 1.82) is 0 Å². The molecule has 0 fully saturated rings. The summed E-state index contributed by atoms with van der Waals surface area (Å²) in [6.07, 6.45) is -0.317. The molecule has 1 heterocycles. The molecule has 0 aliphatic heterocycles. The maximum Gasteiger partial charge on any atom is 0.411 e. The second kappa shape index (κ2) is 9.13. The number of aromatic nitrogens is 1. The van der Waals surface area contributed by atoms with E-state index < -0.39 is 12.1 Å². The SMILES string of the molecule is O=C(O)CCc1ccccc1NC(=O)OCc1ccc2oc(-c3ccccc3)nc2c1. The van der Waals surface area contributed by atoms with Crippen molar-refractivity contribution >= 4 is 28.8 Å². The molecule has 3 aromatic carbocycles. The maximum atomic E-state index is 12.2. The number of carboxylic acids is 1. The number of benzene rings is 3. The van der Waals surface area contributed by atoms with Gasteiger partial charge in [-0.3, -0.25) is 10.1 Å². The summed E-state index contributed by atoms with van der Waals surface area (Å²) in [5.41, 5.74) is 4.26. The van der Waals surface area contributed by atoms with Crippen molar-refractivity contribution in [1.82, 2.24) is 4.98 Å². The van der Waals surface area contributed by atoms with E-state index in [1.54, 1.807) is 30.3 Å². The monoisotopic (exact) mass is 416 g/mol. The first kappa shape index (κ1) is 20.2. The smallest absolute Gasteiger partial charge is 0.411 e. The zero-order chi connectivity index (χ0) is 21.6. The van der Waals surface area contributed by atoms with Crippen molar-refractivity contribution in [2.45, 2.75) is 19.4 Å². The minimum absolute atomic E-state index is 0.0174. The summed E-state index contributed by atoms with van der Waals surface area (Å²) in [5, 5.41) is 11.6. The Morgan fingerprint density at radius 2 is 1.77 bits per heavy atom. The van der Waals surface area contributed by atoms with Gasteiger partial charge >= 0.3 is 12.1 Å². The zero-order valence-electron chi connectivity index (χ0n) is 16.6. The Morgan fingerprint density at radius 3 is 2.58 bits per heavy atom. The number of carbonyl (C=O) groups excluding carboxylic acids is 1. The molecule has 0 atom stereocenters. The number of para-hydroxylation sites is 1. The highest BCUT2D eigenvalue weighted by atomic mass is 16.5. The lowest BCUT2D eigenvalue weighted by molar-refractivity contribution is -0.136. The van der Waals surface area contributed by atoms with Crippen molar-refractivity contribution in [3.63, 3.8) is 0 Å². The highest BCUT2D eigenvalue weighted by molar-refractivity contribution is 5.86. The number of carbonyl (C=O) groups is 2. The van der Waals surface area contributed by atoms with E-state index in [1.165, 1.54) is 0 Å². The summed E-state index contributed by atoms with van der Waals surface area (Å²) in [6, 6.07) is 22.1. The number of fused-ring (bicyclic) bond motifs is 1. The third-order valence-electron chi connectivity index (χ3n) is 4.70. The number of oxazole rings is 1. The summed E-state index contributed by atoms with van der Waals surface area (Å²) in [7, 11) is 0. The van der Waals surface area contributed by atoms with Crippen LogP contribution >= 0.6 is 0 Å². The van der Waals surface area contributed by atoms with Crippen molar-refractivity contribution in [2.24, 2.45) is 0 Å². The molecule has 0 aliphatic carbocycles. The second-order valence-corrected chi connectivity index (χ2v) is 6.94. The number of nitrogens with zero attached hydrogens (tertiary/aromatic N) is 1.